The van der Waals surface area contributed by atoms with Gasteiger partial charge in [-0.3, -0.25) is 0 Å². The van der Waals surface area contributed by atoms with Gasteiger partial charge in [-0.2, -0.15) is 11.8 Å². The van der Waals surface area contributed by atoms with E-state index in [4.69, 9.17) is 4.74 Å². The zero-order valence-corrected chi connectivity index (χ0v) is 11.5. The second-order valence-electron chi connectivity index (χ2n) is 3.90. The Hall–Kier alpha value is -1.42. The Kier molecular flexibility index (Phi) is 4.31. The molecule has 0 aliphatic heterocycles. The topological polar surface area (TPSA) is 42.1 Å². The van der Waals surface area contributed by atoms with Gasteiger partial charge in [0.2, 0.25) is 0 Å². The summed E-state index contributed by atoms with van der Waals surface area (Å²) in [6, 6.07) is 5.75. The van der Waals surface area contributed by atoms with E-state index in [2.05, 4.69) is 11.9 Å². The highest BCUT2D eigenvalue weighted by molar-refractivity contribution is 7.98. The van der Waals surface area contributed by atoms with E-state index in [9.17, 15) is 4.79 Å². The van der Waals surface area contributed by atoms with E-state index in [0.717, 1.165) is 22.4 Å². The number of fused-ring (bicyclic) bond motifs is 1. The van der Waals surface area contributed by atoms with Gasteiger partial charge in [-0.1, -0.05) is 19.1 Å². The molecule has 96 valence electrons. The largest absolute Gasteiger partial charge is 0.462 e. The van der Waals surface area contributed by atoms with E-state index < -0.39 is 0 Å². The second kappa shape index (κ2) is 5.96. The van der Waals surface area contributed by atoms with Crippen LogP contribution in [0.15, 0.2) is 24.4 Å². The Bertz CT molecular complexity index is 548. The normalized spacial score (nSPS) is 10.8. The van der Waals surface area contributed by atoms with Gasteiger partial charge in [0.1, 0.15) is 0 Å². The molecule has 1 heterocycles. The highest BCUT2D eigenvalue weighted by atomic mass is 32.2. The Balaban J connectivity index is 2.39. The second-order valence-corrected chi connectivity index (χ2v) is 5.17. The fraction of sp³-hybridized carbons (Fsp3) is 0.357. The zero-order chi connectivity index (χ0) is 13.0. The summed E-state index contributed by atoms with van der Waals surface area (Å²) in [6.45, 7) is 4.36. The highest BCUT2D eigenvalue weighted by Gasteiger charge is 2.13. The standard InChI is InChI=1S/C14H17NO2S/c1-3-17-14(16)12-7-5-6-11-10(9-18-4-2)8-15-13(11)12/h5-8,15H,3-4,9H2,1-2H3. The molecule has 0 aliphatic carbocycles. The average molecular weight is 263 g/mol. The SMILES string of the molecule is CCOC(=O)c1cccc2c(CSCC)c[nH]c12. The van der Waals surface area contributed by atoms with Crippen LogP contribution in [0.2, 0.25) is 0 Å². The van der Waals surface area contributed by atoms with Crippen LogP contribution in [0, 0.1) is 0 Å². The predicted octanol–water partition coefficient (Wildman–Crippen LogP) is 3.60. The van der Waals surface area contributed by atoms with Crippen molar-refractivity contribution in [2.24, 2.45) is 0 Å². The van der Waals surface area contributed by atoms with Crippen molar-refractivity contribution in [3.8, 4) is 0 Å². The fourth-order valence-electron chi connectivity index (χ4n) is 1.92. The number of carbonyl (C=O) groups excluding carboxylic acids is 1. The molecule has 0 fully saturated rings. The number of hydrogen-bond acceptors (Lipinski definition) is 3. The highest BCUT2D eigenvalue weighted by Crippen LogP contribution is 2.25. The number of esters is 1. The molecule has 0 bridgehead atoms. The zero-order valence-electron chi connectivity index (χ0n) is 10.7. The van der Waals surface area contributed by atoms with Crippen molar-refractivity contribution >= 4 is 28.6 Å². The molecular formula is C14H17NO2S. The number of benzene rings is 1. The van der Waals surface area contributed by atoms with Crippen LogP contribution in [0.5, 0.6) is 0 Å². The number of nitrogens with one attached hydrogen (secondary N) is 1. The minimum absolute atomic E-state index is 0.264. The van der Waals surface area contributed by atoms with Gasteiger partial charge in [0.25, 0.3) is 0 Å². The third-order valence-electron chi connectivity index (χ3n) is 2.76. The summed E-state index contributed by atoms with van der Waals surface area (Å²) < 4.78 is 5.06. The molecule has 1 aromatic carbocycles. The molecule has 0 atom stereocenters. The lowest BCUT2D eigenvalue weighted by molar-refractivity contribution is 0.0528. The van der Waals surface area contributed by atoms with Crippen molar-refractivity contribution in [2.75, 3.05) is 12.4 Å². The Labute approximate surface area is 111 Å². The first kappa shape index (κ1) is 13.0. The smallest absolute Gasteiger partial charge is 0.340 e. The minimum Gasteiger partial charge on any atom is -0.462 e. The molecule has 0 radical (unpaired) electrons. The average Bonchev–Trinajstić information content (AvgIpc) is 2.79. The first-order valence-electron chi connectivity index (χ1n) is 6.11. The van der Waals surface area contributed by atoms with E-state index in [0.29, 0.717) is 12.2 Å². The lowest BCUT2D eigenvalue weighted by Gasteiger charge is -2.03. The number of aromatic amines is 1. The van der Waals surface area contributed by atoms with Crippen LogP contribution in [-0.4, -0.2) is 23.3 Å². The van der Waals surface area contributed by atoms with Gasteiger partial charge in [-0.15, -0.1) is 0 Å². The van der Waals surface area contributed by atoms with Gasteiger partial charge in [-0.05, 0) is 24.3 Å². The van der Waals surface area contributed by atoms with Gasteiger partial charge in [0.05, 0.1) is 17.7 Å². The molecule has 3 nitrogen and oxygen atoms in total. The molecule has 0 spiro atoms. The number of para-hydroxylation sites is 1. The van der Waals surface area contributed by atoms with Crippen molar-refractivity contribution in [1.29, 1.82) is 0 Å². The number of H-pyrrole nitrogens is 1. The molecule has 0 amide bonds. The van der Waals surface area contributed by atoms with Crippen molar-refractivity contribution in [1.82, 2.24) is 4.98 Å². The number of rotatable bonds is 5. The summed E-state index contributed by atoms with van der Waals surface area (Å²) in [5.74, 6) is 1.78. The molecule has 1 N–H and O–H groups in total. The van der Waals surface area contributed by atoms with Crippen LogP contribution in [0.1, 0.15) is 29.8 Å². The van der Waals surface area contributed by atoms with Crippen molar-refractivity contribution in [3.63, 3.8) is 0 Å². The lowest BCUT2D eigenvalue weighted by Crippen LogP contribution is -2.05. The molecule has 0 aliphatic rings. The summed E-state index contributed by atoms with van der Waals surface area (Å²) in [6.07, 6.45) is 1.98. The Morgan fingerprint density at radius 2 is 2.22 bits per heavy atom. The first-order valence-corrected chi connectivity index (χ1v) is 7.27. The summed E-state index contributed by atoms with van der Waals surface area (Å²) in [4.78, 5) is 15.0. The third kappa shape index (κ3) is 2.53. The van der Waals surface area contributed by atoms with Crippen molar-refractivity contribution < 1.29 is 9.53 Å². The molecule has 2 aromatic rings. The molecule has 0 saturated carbocycles. The van der Waals surface area contributed by atoms with E-state index in [1.54, 1.807) is 6.07 Å². The van der Waals surface area contributed by atoms with Gasteiger partial charge < -0.3 is 9.72 Å². The number of aromatic nitrogens is 1. The van der Waals surface area contributed by atoms with Crippen LogP contribution in [0.25, 0.3) is 10.9 Å². The molecule has 2 rings (SSSR count). The van der Waals surface area contributed by atoms with Crippen LogP contribution >= 0.6 is 11.8 Å². The van der Waals surface area contributed by atoms with Crippen LogP contribution in [0.3, 0.4) is 0 Å². The minimum atomic E-state index is -0.264. The van der Waals surface area contributed by atoms with E-state index in [-0.39, 0.29) is 5.97 Å². The lowest BCUT2D eigenvalue weighted by atomic mass is 10.1. The van der Waals surface area contributed by atoms with Gasteiger partial charge in [-0.25, -0.2) is 4.79 Å². The van der Waals surface area contributed by atoms with Gasteiger partial charge >= 0.3 is 5.97 Å². The van der Waals surface area contributed by atoms with Gasteiger partial charge in [0.15, 0.2) is 0 Å². The number of thioether (sulfide) groups is 1. The molecule has 0 saturated heterocycles. The number of ether oxygens (including phenoxy) is 1. The molecule has 1 aromatic heterocycles. The quantitative estimate of drug-likeness (QED) is 0.838. The maximum absolute atomic E-state index is 11.8. The maximum atomic E-state index is 11.8. The van der Waals surface area contributed by atoms with E-state index >= 15 is 0 Å². The number of carbonyl (C=O) groups is 1. The molecular weight excluding hydrogens is 246 g/mol. The first-order chi connectivity index (χ1) is 8.77. The van der Waals surface area contributed by atoms with Crippen LogP contribution in [0.4, 0.5) is 0 Å². The molecule has 4 heteroatoms. The summed E-state index contributed by atoms with van der Waals surface area (Å²) in [5.41, 5.74) is 2.73. The summed E-state index contributed by atoms with van der Waals surface area (Å²) in [7, 11) is 0. The predicted molar refractivity (Wildman–Crippen MR) is 76.1 cm³/mol. The maximum Gasteiger partial charge on any atom is 0.340 e. The van der Waals surface area contributed by atoms with Gasteiger partial charge in [0, 0.05) is 17.3 Å². The Morgan fingerprint density at radius 1 is 1.39 bits per heavy atom. The monoisotopic (exact) mass is 263 g/mol. The molecule has 0 unspecified atom stereocenters. The van der Waals surface area contributed by atoms with Crippen LogP contribution in [-0.2, 0) is 10.5 Å². The van der Waals surface area contributed by atoms with Crippen LogP contribution < -0.4 is 0 Å². The summed E-state index contributed by atoms with van der Waals surface area (Å²) in [5, 5.41) is 1.11. The van der Waals surface area contributed by atoms with E-state index in [1.165, 1.54) is 5.56 Å². The third-order valence-corrected chi connectivity index (χ3v) is 3.68. The van der Waals surface area contributed by atoms with Crippen molar-refractivity contribution in [2.45, 2.75) is 19.6 Å². The van der Waals surface area contributed by atoms with E-state index in [1.807, 2.05) is 37.0 Å². The summed E-state index contributed by atoms with van der Waals surface area (Å²) >= 11 is 1.87. The molecule has 18 heavy (non-hydrogen) atoms. The number of hydrogen-bond donors (Lipinski definition) is 1. The van der Waals surface area contributed by atoms with Crippen molar-refractivity contribution in [3.05, 3.63) is 35.5 Å². The Morgan fingerprint density at radius 3 is 2.94 bits per heavy atom. The fourth-order valence-corrected chi connectivity index (χ4v) is 2.59.